The summed E-state index contributed by atoms with van der Waals surface area (Å²) in [5, 5.41) is 9.44. The summed E-state index contributed by atoms with van der Waals surface area (Å²) in [5.41, 5.74) is 13.1. The fourth-order valence-electron chi connectivity index (χ4n) is 8.39. The maximum atomic E-state index is 6.47. The van der Waals surface area contributed by atoms with Crippen LogP contribution >= 0.6 is 0 Å². The molecule has 0 amide bonds. The van der Waals surface area contributed by atoms with Crippen LogP contribution in [0.2, 0.25) is 0 Å². The largest absolute Gasteiger partial charge is 0.456 e. The van der Waals surface area contributed by atoms with Crippen molar-refractivity contribution in [1.82, 2.24) is 0 Å². The second kappa shape index (κ2) is 11.3. The highest BCUT2D eigenvalue weighted by atomic mass is 16.3. The van der Waals surface area contributed by atoms with E-state index in [4.69, 9.17) is 8.83 Å². The van der Waals surface area contributed by atoms with Gasteiger partial charge in [0.2, 0.25) is 0 Å². The summed E-state index contributed by atoms with van der Waals surface area (Å²) in [6.07, 6.45) is 0. The van der Waals surface area contributed by atoms with Crippen molar-refractivity contribution >= 4 is 65.4 Å². The number of hydrogen-bond donors (Lipinski definition) is 0. The van der Waals surface area contributed by atoms with Gasteiger partial charge in [0.25, 0.3) is 0 Å². The first-order valence-electron chi connectivity index (χ1n) is 17.8. The smallest absolute Gasteiger partial charge is 0.143 e. The summed E-state index contributed by atoms with van der Waals surface area (Å²) in [6, 6.07) is 65.1. The van der Waals surface area contributed by atoms with Crippen LogP contribution in [0.15, 0.2) is 191 Å². The fraction of sp³-hybridized carbons (Fsp3) is 0. The van der Waals surface area contributed by atoms with Crippen molar-refractivity contribution < 1.29 is 8.83 Å². The Kier molecular flexibility index (Phi) is 6.28. The van der Waals surface area contributed by atoms with Crippen LogP contribution in [0.25, 0.3) is 110 Å². The number of furan rings is 2. The van der Waals surface area contributed by atoms with Crippen LogP contribution in [0.3, 0.4) is 0 Å². The maximum absolute atomic E-state index is 6.47. The molecular weight excluding hydrogens is 633 g/mol. The summed E-state index contributed by atoms with van der Waals surface area (Å²) in [5.74, 6) is 0. The minimum atomic E-state index is 0.904. The summed E-state index contributed by atoms with van der Waals surface area (Å²) in [4.78, 5) is 0. The number of para-hydroxylation sites is 3. The lowest BCUT2D eigenvalue weighted by Gasteiger charge is -2.20. The second-order valence-electron chi connectivity index (χ2n) is 13.6. The van der Waals surface area contributed by atoms with Crippen LogP contribution < -0.4 is 0 Å². The molecule has 0 fully saturated rings. The van der Waals surface area contributed by atoms with Crippen LogP contribution in [-0.2, 0) is 0 Å². The van der Waals surface area contributed by atoms with Crippen molar-refractivity contribution in [2.45, 2.75) is 0 Å². The van der Waals surface area contributed by atoms with Gasteiger partial charge in [-0.3, -0.25) is 0 Å². The molecule has 52 heavy (non-hydrogen) atoms. The van der Waals surface area contributed by atoms with E-state index >= 15 is 0 Å². The van der Waals surface area contributed by atoms with Crippen LogP contribution in [0.1, 0.15) is 0 Å². The van der Waals surface area contributed by atoms with E-state index in [1.165, 1.54) is 54.9 Å². The summed E-state index contributed by atoms with van der Waals surface area (Å²) >= 11 is 0. The molecule has 2 heterocycles. The molecule has 2 heteroatoms. The van der Waals surface area contributed by atoms with Crippen LogP contribution in [0, 0.1) is 0 Å². The highest BCUT2D eigenvalue weighted by Crippen LogP contribution is 2.47. The standard InChI is InChI=1S/C50H30O2/c1-2-18-38(34(15-1)32-27-28-47-44(30-32)37-17-8-9-25-45(37)51-47)49-41-21-5-3-19-39(41)48(40-20-4-6-22-42(40)49)33-14-11-13-31(29-33)35-23-12-24-43-36-16-7-10-26-46(36)52-50(35)43/h1-30H. The minimum absolute atomic E-state index is 0.904. The molecule has 0 saturated heterocycles. The van der Waals surface area contributed by atoms with Crippen molar-refractivity contribution in [3.05, 3.63) is 182 Å². The molecule has 0 N–H and O–H groups in total. The van der Waals surface area contributed by atoms with Gasteiger partial charge >= 0.3 is 0 Å². The van der Waals surface area contributed by atoms with Crippen molar-refractivity contribution in [3.63, 3.8) is 0 Å². The van der Waals surface area contributed by atoms with Gasteiger partial charge in [-0.15, -0.1) is 0 Å². The first-order chi connectivity index (χ1) is 25.8. The lowest BCUT2D eigenvalue weighted by atomic mass is 9.83. The van der Waals surface area contributed by atoms with Gasteiger partial charge in [-0.2, -0.15) is 0 Å². The van der Waals surface area contributed by atoms with Crippen molar-refractivity contribution in [1.29, 1.82) is 0 Å². The predicted octanol–water partition coefficient (Wildman–Crippen LogP) is 14.5. The van der Waals surface area contributed by atoms with E-state index in [9.17, 15) is 0 Å². The molecule has 0 aliphatic carbocycles. The molecule has 0 bridgehead atoms. The first-order valence-corrected chi connectivity index (χ1v) is 17.8. The van der Waals surface area contributed by atoms with Gasteiger partial charge in [0, 0.05) is 27.1 Å². The maximum Gasteiger partial charge on any atom is 0.143 e. The molecule has 0 spiro atoms. The molecule has 242 valence electrons. The number of hydrogen-bond acceptors (Lipinski definition) is 2. The van der Waals surface area contributed by atoms with E-state index in [2.05, 4.69) is 158 Å². The molecule has 9 aromatic carbocycles. The van der Waals surface area contributed by atoms with Gasteiger partial charge < -0.3 is 8.83 Å². The zero-order valence-corrected chi connectivity index (χ0v) is 28.1. The van der Waals surface area contributed by atoms with Crippen molar-refractivity contribution in [2.75, 3.05) is 0 Å². The normalized spacial score (nSPS) is 11.8. The molecule has 11 aromatic rings. The van der Waals surface area contributed by atoms with Gasteiger partial charge in [0.1, 0.15) is 22.3 Å². The molecule has 0 saturated carbocycles. The third kappa shape index (κ3) is 4.31. The molecular formula is C50H30O2. The predicted molar refractivity (Wildman–Crippen MR) is 218 cm³/mol. The van der Waals surface area contributed by atoms with Gasteiger partial charge in [0.05, 0.1) is 0 Å². The molecule has 0 aliphatic rings. The molecule has 11 rings (SSSR count). The Hall–Kier alpha value is -6.90. The topological polar surface area (TPSA) is 26.3 Å². The van der Waals surface area contributed by atoms with Gasteiger partial charge in [0.15, 0.2) is 0 Å². The average Bonchev–Trinajstić information content (AvgIpc) is 3.78. The summed E-state index contributed by atoms with van der Waals surface area (Å²) in [7, 11) is 0. The third-order valence-corrected chi connectivity index (χ3v) is 10.7. The minimum Gasteiger partial charge on any atom is -0.456 e. The number of fused-ring (bicyclic) bond motifs is 8. The summed E-state index contributed by atoms with van der Waals surface area (Å²) in [6.45, 7) is 0. The fourth-order valence-corrected chi connectivity index (χ4v) is 8.39. The zero-order valence-electron chi connectivity index (χ0n) is 28.1. The van der Waals surface area contributed by atoms with E-state index in [0.717, 1.165) is 55.0 Å². The van der Waals surface area contributed by atoms with Crippen LogP contribution in [0.5, 0.6) is 0 Å². The Bertz CT molecular complexity index is 3140. The van der Waals surface area contributed by atoms with Crippen molar-refractivity contribution in [2.24, 2.45) is 0 Å². The van der Waals surface area contributed by atoms with E-state index < -0.39 is 0 Å². The van der Waals surface area contributed by atoms with Crippen molar-refractivity contribution in [3.8, 4) is 44.5 Å². The monoisotopic (exact) mass is 662 g/mol. The third-order valence-electron chi connectivity index (χ3n) is 10.7. The molecule has 2 aromatic heterocycles. The summed E-state index contributed by atoms with van der Waals surface area (Å²) < 4.78 is 12.7. The Morgan fingerprint density at radius 3 is 1.46 bits per heavy atom. The molecule has 2 nitrogen and oxygen atoms in total. The van der Waals surface area contributed by atoms with Crippen LogP contribution in [0.4, 0.5) is 0 Å². The number of benzene rings is 9. The zero-order chi connectivity index (χ0) is 34.2. The lowest BCUT2D eigenvalue weighted by molar-refractivity contribution is 0.669. The van der Waals surface area contributed by atoms with Gasteiger partial charge in [-0.1, -0.05) is 152 Å². The molecule has 0 aliphatic heterocycles. The average molecular weight is 663 g/mol. The molecule has 0 unspecified atom stereocenters. The van der Waals surface area contributed by atoms with Gasteiger partial charge in [-0.05, 0) is 90.8 Å². The van der Waals surface area contributed by atoms with Gasteiger partial charge in [-0.25, -0.2) is 0 Å². The second-order valence-corrected chi connectivity index (χ2v) is 13.6. The van der Waals surface area contributed by atoms with E-state index in [0.29, 0.717) is 0 Å². The Morgan fingerprint density at radius 2 is 0.731 bits per heavy atom. The first kappa shape index (κ1) is 28.9. The Balaban J connectivity index is 1.14. The Labute approximate surface area is 299 Å². The quantitative estimate of drug-likeness (QED) is 0.175. The van der Waals surface area contributed by atoms with E-state index in [-0.39, 0.29) is 0 Å². The molecule has 0 radical (unpaired) electrons. The highest BCUT2D eigenvalue weighted by Gasteiger charge is 2.20. The van der Waals surface area contributed by atoms with E-state index in [1.54, 1.807) is 0 Å². The van der Waals surface area contributed by atoms with Crippen LogP contribution in [-0.4, -0.2) is 0 Å². The number of rotatable bonds is 4. The lowest BCUT2D eigenvalue weighted by Crippen LogP contribution is -1.93. The Morgan fingerprint density at radius 1 is 0.250 bits per heavy atom. The SMILES string of the molecule is c1cc(-c2c3ccccc3c(-c3ccccc3-c3ccc4oc5ccccc5c4c3)c3ccccc23)cc(-c2cccc3c2oc2ccccc23)c1. The van der Waals surface area contributed by atoms with E-state index in [1.807, 2.05) is 24.3 Å². The highest BCUT2D eigenvalue weighted by molar-refractivity contribution is 6.23. The molecule has 0 atom stereocenters.